The first-order chi connectivity index (χ1) is 18.6. The van der Waals surface area contributed by atoms with E-state index in [1.54, 1.807) is 61.5 Å². The topological polar surface area (TPSA) is 119 Å². The minimum atomic E-state index is -3.88. The third-order valence-electron chi connectivity index (χ3n) is 6.05. The number of benzene rings is 4. The van der Waals surface area contributed by atoms with Crippen LogP contribution in [0.3, 0.4) is 0 Å². The lowest BCUT2D eigenvalue weighted by Gasteiger charge is -2.25. The summed E-state index contributed by atoms with van der Waals surface area (Å²) in [6.45, 7) is 3.24. The van der Waals surface area contributed by atoms with Crippen molar-refractivity contribution in [2.75, 3.05) is 16.2 Å². The molecule has 0 spiro atoms. The zero-order valence-corrected chi connectivity index (χ0v) is 22.2. The Bertz CT molecular complexity index is 1570. The van der Waals surface area contributed by atoms with E-state index in [4.69, 9.17) is 4.74 Å². The normalized spacial score (nSPS) is 11.0. The maximum atomic E-state index is 13.6. The maximum absolute atomic E-state index is 13.6. The van der Waals surface area contributed by atoms with Crippen molar-refractivity contribution < 1.29 is 22.9 Å². The number of ether oxygens (including phenoxy) is 1. The summed E-state index contributed by atoms with van der Waals surface area (Å²) in [5.74, 6) is -0.132. The monoisotopic (exact) mass is 545 g/mol. The molecule has 0 aromatic heterocycles. The largest absolute Gasteiger partial charge is 0.484 e. The van der Waals surface area contributed by atoms with E-state index < -0.39 is 20.9 Å². The van der Waals surface area contributed by atoms with Crippen molar-refractivity contribution in [3.05, 3.63) is 124 Å². The Morgan fingerprint density at radius 3 is 2.21 bits per heavy atom. The molecule has 0 aliphatic carbocycles. The molecule has 0 heterocycles. The molecule has 0 aliphatic heterocycles. The molecule has 0 radical (unpaired) electrons. The van der Waals surface area contributed by atoms with E-state index in [2.05, 4.69) is 5.32 Å². The number of nitro groups is 1. The Morgan fingerprint density at radius 1 is 0.897 bits per heavy atom. The first kappa shape index (κ1) is 27.3. The fourth-order valence-corrected chi connectivity index (χ4v) is 5.36. The van der Waals surface area contributed by atoms with E-state index in [9.17, 15) is 23.3 Å². The second-order valence-corrected chi connectivity index (χ2v) is 10.7. The van der Waals surface area contributed by atoms with E-state index in [0.717, 1.165) is 11.1 Å². The minimum Gasteiger partial charge on any atom is -0.484 e. The number of anilines is 2. The lowest BCUT2D eigenvalue weighted by molar-refractivity contribution is -0.385. The predicted octanol–water partition coefficient (Wildman–Crippen LogP) is 5.62. The van der Waals surface area contributed by atoms with Crippen molar-refractivity contribution in [2.45, 2.75) is 25.3 Å². The molecule has 4 aromatic carbocycles. The van der Waals surface area contributed by atoms with E-state index >= 15 is 0 Å². The highest BCUT2D eigenvalue weighted by molar-refractivity contribution is 7.92. The van der Waals surface area contributed by atoms with Gasteiger partial charge in [-0.25, -0.2) is 8.42 Å². The van der Waals surface area contributed by atoms with Gasteiger partial charge in [0.2, 0.25) is 0 Å². The van der Waals surface area contributed by atoms with Crippen LogP contribution in [0.4, 0.5) is 17.1 Å². The van der Waals surface area contributed by atoms with Gasteiger partial charge in [-0.05, 0) is 61.9 Å². The number of hydrogen-bond donors (Lipinski definition) is 1. The van der Waals surface area contributed by atoms with E-state index in [1.807, 2.05) is 37.3 Å². The van der Waals surface area contributed by atoms with Crippen LogP contribution in [0.2, 0.25) is 0 Å². The number of sulfonamides is 1. The number of nitrogens with zero attached hydrogens (tertiary/aromatic N) is 2. The molecule has 0 aliphatic rings. The average molecular weight is 546 g/mol. The summed E-state index contributed by atoms with van der Waals surface area (Å²) in [6, 6.07) is 26.8. The molecule has 1 N–H and O–H groups in total. The highest BCUT2D eigenvalue weighted by Gasteiger charge is 2.25. The molecule has 0 unspecified atom stereocenters. The van der Waals surface area contributed by atoms with Gasteiger partial charge in [0, 0.05) is 6.07 Å². The van der Waals surface area contributed by atoms with Gasteiger partial charge in [-0.2, -0.15) is 0 Å². The molecule has 1 amide bonds. The smallest absolute Gasteiger partial charge is 0.274 e. The molecule has 10 heteroatoms. The molecule has 0 saturated heterocycles. The zero-order valence-electron chi connectivity index (χ0n) is 21.4. The zero-order chi connectivity index (χ0) is 28.0. The first-order valence-electron chi connectivity index (χ1n) is 12.1. The highest BCUT2D eigenvalue weighted by Crippen LogP contribution is 2.28. The number of rotatable bonds is 10. The van der Waals surface area contributed by atoms with Crippen molar-refractivity contribution in [1.29, 1.82) is 0 Å². The second-order valence-electron chi connectivity index (χ2n) is 8.85. The summed E-state index contributed by atoms with van der Waals surface area (Å²) in [7, 11) is -3.88. The van der Waals surface area contributed by atoms with Crippen LogP contribution in [-0.4, -0.2) is 25.9 Å². The van der Waals surface area contributed by atoms with Crippen molar-refractivity contribution in [1.82, 2.24) is 0 Å². The van der Waals surface area contributed by atoms with Crippen LogP contribution < -0.4 is 14.4 Å². The predicted molar refractivity (Wildman–Crippen MR) is 149 cm³/mol. The molecule has 9 nitrogen and oxygen atoms in total. The quantitative estimate of drug-likeness (QED) is 0.204. The number of carbonyl (C=O) groups is 1. The maximum Gasteiger partial charge on any atom is 0.274 e. The van der Waals surface area contributed by atoms with Crippen LogP contribution in [0, 0.1) is 24.0 Å². The molecule has 39 heavy (non-hydrogen) atoms. The molecule has 0 fully saturated rings. The molecule has 0 atom stereocenters. The molecule has 4 rings (SSSR count). The highest BCUT2D eigenvalue weighted by atomic mass is 32.2. The summed E-state index contributed by atoms with van der Waals surface area (Å²) in [5, 5.41) is 13.8. The fourth-order valence-electron chi connectivity index (χ4n) is 3.90. The van der Waals surface area contributed by atoms with Crippen LogP contribution in [-0.2, 0) is 21.4 Å². The summed E-state index contributed by atoms with van der Waals surface area (Å²) in [4.78, 5) is 23.2. The number of aryl methyl sites for hydroxylation is 1. The van der Waals surface area contributed by atoms with Gasteiger partial charge in [0.15, 0.2) is 6.61 Å². The summed E-state index contributed by atoms with van der Waals surface area (Å²) in [6.07, 6.45) is 0. The van der Waals surface area contributed by atoms with Gasteiger partial charge < -0.3 is 10.1 Å². The number of amides is 1. The Morgan fingerprint density at radius 2 is 1.56 bits per heavy atom. The molecular formula is C29H27N3O6S. The second kappa shape index (κ2) is 11.8. The molecule has 0 saturated carbocycles. The van der Waals surface area contributed by atoms with Crippen molar-refractivity contribution in [3.8, 4) is 5.75 Å². The van der Waals surface area contributed by atoms with Crippen LogP contribution in [0.15, 0.2) is 102 Å². The lowest BCUT2D eigenvalue weighted by Crippen LogP contribution is -2.30. The summed E-state index contributed by atoms with van der Waals surface area (Å²) in [5.41, 5.74) is 2.78. The third-order valence-corrected chi connectivity index (χ3v) is 7.84. The van der Waals surface area contributed by atoms with Gasteiger partial charge in [-0.3, -0.25) is 19.2 Å². The van der Waals surface area contributed by atoms with Gasteiger partial charge in [-0.15, -0.1) is 0 Å². The van der Waals surface area contributed by atoms with E-state index in [-0.39, 0.29) is 23.7 Å². The Labute approximate surface area is 226 Å². The fraction of sp³-hybridized carbons (Fsp3) is 0.138. The third kappa shape index (κ3) is 6.60. The Kier molecular flexibility index (Phi) is 8.26. The number of nitrogens with one attached hydrogen (secondary N) is 1. The number of nitro benzene ring substituents is 1. The summed E-state index contributed by atoms with van der Waals surface area (Å²) < 4.78 is 34.1. The lowest BCUT2D eigenvalue weighted by atomic mass is 10.1. The molecule has 200 valence electrons. The van der Waals surface area contributed by atoms with Crippen LogP contribution >= 0.6 is 0 Å². The molecule has 4 aromatic rings. The van der Waals surface area contributed by atoms with Crippen molar-refractivity contribution in [2.24, 2.45) is 0 Å². The van der Waals surface area contributed by atoms with Gasteiger partial charge >= 0.3 is 0 Å². The van der Waals surface area contributed by atoms with Crippen molar-refractivity contribution in [3.63, 3.8) is 0 Å². The van der Waals surface area contributed by atoms with Crippen LogP contribution in [0.1, 0.15) is 16.7 Å². The van der Waals surface area contributed by atoms with Crippen molar-refractivity contribution >= 4 is 33.0 Å². The van der Waals surface area contributed by atoms with E-state index in [1.165, 1.54) is 16.4 Å². The Balaban J connectivity index is 1.50. The van der Waals surface area contributed by atoms with Gasteiger partial charge in [-0.1, -0.05) is 54.1 Å². The summed E-state index contributed by atoms with van der Waals surface area (Å²) >= 11 is 0. The minimum absolute atomic E-state index is 0.0926. The van der Waals surface area contributed by atoms with Crippen LogP contribution in [0.5, 0.6) is 5.75 Å². The van der Waals surface area contributed by atoms with Gasteiger partial charge in [0.25, 0.3) is 21.6 Å². The van der Waals surface area contributed by atoms with Gasteiger partial charge in [0.1, 0.15) is 5.75 Å². The first-order valence-corrected chi connectivity index (χ1v) is 13.5. The Hall–Kier alpha value is -4.70. The number of carbonyl (C=O) groups excluding carboxylic acids is 1. The molecular weight excluding hydrogens is 518 g/mol. The standard InChI is InChI=1S/C29H27N3O6S/c1-21-11-17-26(18-12-21)39(36,37)31(19-23-7-4-3-5-8-23)24-13-15-25(16-14-24)38-20-29(33)30-27-9-6-10-28(22(27)2)32(34)35/h3-18H,19-20H2,1-2H3,(H,30,33). The molecule has 0 bridgehead atoms. The van der Waals surface area contributed by atoms with E-state index in [0.29, 0.717) is 22.7 Å². The van der Waals surface area contributed by atoms with Gasteiger partial charge in [0.05, 0.1) is 33.3 Å². The number of hydrogen-bond acceptors (Lipinski definition) is 6. The SMILES string of the molecule is Cc1ccc(S(=O)(=O)N(Cc2ccccc2)c2ccc(OCC(=O)Nc3cccc([N+](=O)[O-])c3C)cc2)cc1. The van der Waals surface area contributed by atoms with Crippen LogP contribution in [0.25, 0.3) is 0 Å². The average Bonchev–Trinajstić information content (AvgIpc) is 2.93.